The van der Waals surface area contributed by atoms with Gasteiger partial charge in [-0.1, -0.05) is 24.3 Å². The van der Waals surface area contributed by atoms with Crippen molar-refractivity contribution >= 4 is 16.6 Å². The number of aromatic nitrogens is 2. The fraction of sp³-hybridized carbons (Fsp3) is 0.0909. The van der Waals surface area contributed by atoms with Crippen LogP contribution in [0.2, 0.25) is 0 Å². The SMILES string of the molecule is COc1ccc(-c2nc3ccccc3c(=O)n2NCc2cccc([N+](=O)[O-])c2O)cc1. The van der Waals surface area contributed by atoms with Gasteiger partial charge in [-0.15, -0.1) is 0 Å². The van der Waals surface area contributed by atoms with Crippen LogP contribution in [-0.4, -0.2) is 26.8 Å². The highest BCUT2D eigenvalue weighted by molar-refractivity contribution is 5.79. The van der Waals surface area contributed by atoms with Gasteiger partial charge in [-0.3, -0.25) is 14.9 Å². The Morgan fingerprint density at radius 1 is 1.10 bits per heavy atom. The summed E-state index contributed by atoms with van der Waals surface area (Å²) in [5, 5.41) is 21.7. The molecular weight excluding hydrogens is 400 g/mol. The van der Waals surface area contributed by atoms with Gasteiger partial charge in [0, 0.05) is 17.2 Å². The maximum absolute atomic E-state index is 13.2. The Balaban J connectivity index is 1.81. The second-order valence-electron chi connectivity index (χ2n) is 6.70. The van der Waals surface area contributed by atoms with Gasteiger partial charge in [-0.2, -0.15) is 0 Å². The molecule has 4 rings (SSSR count). The largest absolute Gasteiger partial charge is 0.502 e. The van der Waals surface area contributed by atoms with Gasteiger partial charge in [0.1, 0.15) is 5.75 Å². The minimum absolute atomic E-state index is 0.0312. The van der Waals surface area contributed by atoms with E-state index in [1.807, 2.05) is 0 Å². The smallest absolute Gasteiger partial charge is 0.311 e. The number of fused-ring (bicyclic) bond motifs is 1. The number of phenols is 1. The van der Waals surface area contributed by atoms with E-state index in [0.717, 1.165) is 0 Å². The van der Waals surface area contributed by atoms with E-state index in [-0.39, 0.29) is 17.7 Å². The summed E-state index contributed by atoms with van der Waals surface area (Å²) >= 11 is 0. The molecule has 0 bridgehead atoms. The van der Waals surface area contributed by atoms with E-state index >= 15 is 0 Å². The molecule has 4 aromatic rings. The highest BCUT2D eigenvalue weighted by Crippen LogP contribution is 2.29. The molecule has 0 amide bonds. The fourth-order valence-electron chi connectivity index (χ4n) is 3.25. The van der Waals surface area contributed by atoms with Gasteiger partial charge >= 0.3 is 5.69 Å². The standard InChI is InChI=1S/C22H18N4O5/c1-31-16-11-9-14(10-12-16)21-24-18-7-3-2-6-17(18)22(28)25(21)23-13-15-5-4-8-19(20(15)27)26(29)30/h2-12,23,27H,13H2,1H3. The summed E-state index contributed by atoms with van der Waals surface area (Å²) in [5.41, 5.74) is 3.69. The first-order valence-electron chi connectivity index (χ1n) is 9.35. The number of rotatable bonds is 6. The summed E-state index contributed by atoms with van der Waals surface area (Å²) in [6.07, 6.45) is 0. The number of phenolic OH excluding ortho intramolecular Hbond substituents is 1. The summed E-state index contributed by atoms with van der Waals surface area (Å²) in [7, 11) is 1.56. The second-order valence-corrected chi connectivity index (χ2v) is 6.70. The third kappa shape index (κ3) is 3.76. The Morgan fingerprint density at radius 3 is 2.55 bits per heavy atom. The van der Waals surface area contributed by atoms with Crippen molar-refractivity contribution < 1.29 is 14.8 Å². The van der Waals surface area contributed by atoms with Gasteiger partial charge in [0.05, 0.1) is 29.5 Å². The number of para-hydroxylation sites is 2. The molecule has 0 saturated heterocycles. The van der Waals surface area contributed by atoms with Crippen LogP contribution < -0.4 is 15.7 Å². The van der Waals surface area contributed by atoms with Crippen molar-refractivity contribution in [3.63, 3.8) is 0 Å². The molecular formula is C22H18N4O5. The number of aromatic hydroxyl groups is 1. The number of hydrogen-bond donors (Lipinski definition) is 2. The molecule has 0 saturated carbocycles. The average Bonchev–Trinajstić information content (AvgIpc) is 2.79. The van der Waals surface area contributed by atoms with Crippen molar-refractivity contribution in [3.8, 4) is 22.9 Å². The number of benzene rings is 3. The Kier molecular flexibility index (Phi) is 5.23. The van der Waals surface area contributed by atoms with Crippen molar-refractivity contribution in [2.24, 2.45) is 0 Å². The predicted octanol–water partition coefficient (Wildman–Crippen LogP) is 3.43. The van der Waals surface area contributed by atoms with Gasteiger partial charge in [-0.05, 0) is 36.4 Å². The summed E-state index contributed by atoms with van der Waals surface area (Å²) in [6, 6.07) is 18.3. The average molecular weight is 418 g/mol. The van der Waals surface area contributed by atoms with Crippen LogP contribution in [-0.2, 0) is 6.54 Å². The summed E-state index contributed by atoms with van der Waals surface area (Å²) < 4.78 is 6.47. The molecule has 3 aromatic carbocycles. The molecule has 0 atom stereocenters. The number of nitro groups is 1. The summed E-state index contributed by atoms with van der Waals surface area (Å²) in [4.78, 5) is 28.3. The Labute approximate surface area is 176 Å². The zero-order valence-corrected chi connectivity index (χ0v) is 16.5. The highest BCUT2D eigenvalue weighted by Gasteiger charge is 2.18. The number of nitro benzene ring substituents is 1. The molecule has 0 unspecified atom stereocenters. The molecule has 0 spiro atoms. The van der Waals surface area contributed by atoms with E-state index in [1.54, 1.807) is 61.7 Å². The molecule has 9 nitrogen and oxygen atoms in total. The zero-order valence-electron chi connectivity index (χ0n) is 16.5. The molecule has 0 radical (unpaired) electrons. The van der Waals surface area contributed by atoms with Gasteiger partial charge in [0.15, 0.2) is 11.6 Å². The molecule has 0 aliphatic carbocycles. The number of nitrogens with one attached hydrogen (secondary N) is 1. The Hall–Kier alpha value is -4.40. The van der Waals surface area contributed by atoms with Gasteiger partial charge in [0.2, 0.25) is 0 Å². The second kappa shape index (κ2) is 8.15. The zero-order chi connectivity index (χ0) is 22.0. The molecule has 31 heavy (non-hydrogen) atoms. The third-order valence-electron chi connectivity index (χ3n) is 4.85. The lowest BCUT2D eigenvalue weighted by molar-refractivity contribution is -0.385. The van der Waals surface area contributed by atoms with E-state index in [2.05, 4.69) is 10.4 Å². The predicted molar refractivity (Wildman–Crippen MR) is 116 cm³/mol. The van der Waals surface area contributed by atoms with Crippen LogP contribution in [0.3, 0.4) is 0 Å². The molecule has 0 aliphatic heterocycles. The molecule has 0 fully saturated rings. The lowest BCUT2D eigenvalue weighted by Gasteiger charge is -2.16. The van der Waals surface area contributed by atoms with Gasteiger partial charge in [-0.25, -0.2) is 9.66 Å². The quantitative estimate of drug-likeness (QED) is 0.364. The number of methoxy groups -OCH3 is 1. The van der Waals surface area contributed by atoms with Crippen LogP contribution in [0.4, 0.5) is 5.69 Å². The van der Waals surface area contributed by atoms with E-state index in [4.69, 9.17) is 4.74 Å². The van der Waals surface area contributed by atoms with Crippen LogP contribution >= 0.6 is 0 Å². The van der Waals surface area contributed by atoms with E-state index in [0.29, 0.717) is 28.0 Å². The number of hydrogen-bond acceptors (Lipinski definition) is 7. The minimum atomic E-state index is -0.661. The third-order valence-corrected chi connectivity index (χ3v) is 4.85. The maximum atomic E-state index is 13.2. The van der Waals surface area contributed by atoms with Crippen molar-refractivity contribution in [3.05, 3.63) is 92.8 Å². The maximum Gasteiger partial charge on any atom is 0.311 e. The first-order chi connectivity index (χ1) is 15.0. The first kappa shape index (κ1) is 19.9. The van der Waals surface area contributed by atoms with Crippen LogP contribution in [0.5, 0.6) is 11.5 Å². The normalized spacial score (nSPS) is 10.7. The number of nitrogens with zero attached hydrogens (tertiary/aromatic N) is 3. The Morgan fingerprint density at radius 2 is 1.84 bits per heavy atom. The van der Waals surface area contributed by atoms with E-state index in [9.17, 15) is 20.0 Å². The van der Waals surface area contributed by atoms with Crippen molar-refractivity contribution in [2.75, 3.05) is 12.5 Å². The molecule has 2 N–H and O–H groups in total. The topological polar surface area (TPSA) is 120 Å². The van der Waals surface area contributed by atoms with Crippen molar-refractivity contribution in [2.45, 2.75) is 6.54 Å². The summed E-state index contributed by atoms with van der Waals surface area (Å²) in [6.45, 7) is -0.0312. The van der Waals surface area contributed by atoms with Crippen LogP contribution in [0.1, 0.15) is 5.56 Å². The molecule has 1 aromatic heterocycles. The van der Waals surface area contributed by atoms with Crippen molar-refractivity contribution in [1.82, 2.24) is 9.66 Å². The van der Waals surface area contributed by atoms with E-state index in [1.165, 1.54) is 16.8 Å². The molecule has 9 heteroatoms. The summed E-state index contributed by atoms with van der Waals surface area (Å²) in [5.74, 6) is 0.567. The first-order valence-corrected chi connectivity index (χ1v) is 9.35. The van der Waals surface area contributed by atoms with Crippen LogP contribution in [0.15, 0.2) is 71.5 Å². The lowest BCUT2D eigenvalue weighted by atomic mass is 10.1. The van der Waals surface area contributed by atoms with Crippen LogP contribution in [0.25, 0.3) is 22.3 Å². The van der Waals surface area contributed by atoms with E-state index < -0.39 is 16.4 Å². The van der Waals surface area contributed by atoms with Crippen LogP contribution in [0, 0.1) is 10.1 Å². The number of ether oxygens (including phenoxy) is 1. The Bertz CT molecular complexity index is 1330. The van der Waals surface area contributed by atoms with Crippen molar-refractivity contribution in [1.29, 1.82) is 0 Å². The molecule has 156 valence electrons. The van der Waals surface area contributed by atoms with Gasteiger partial charge < -0.3 is 15.3 Å². The minimum Gasteiger partial charge on any atom is -0.502 e. The molecule has 1 heterocycles. The monoisotopic (exact) mass is 418 g/mol. The fourth-order valence-corrected chi connectivity index (χ4v) is 3.25. The lowest BCUT2D eigenvalue weighted by Crippen LogP contribution is -2.31. The van der Waals surface area contributed by atoms with Gasteiger partial charge in [0.25, 0.3) is 5.56 Å². The molecule has 0 aliphatic rings. The highest BCUT2D eigenvalue weighted by atomic mass is 16.6.